The van der Waals surface area contributed by atoms with E-state index < -0.39 is 0 Å². The van der Waals surface area contributed by atoms with Crippen molar-refractivity contribution in [3.05, 3.63) is 45.9 Å². The number of aromatic hydroxyl groups is 1. The minimum atomic E-state index is 0.0604. The molecule has 0 saturated heterocycles. The Kier molecular flexibility index (Phi) is 5.04. The molecular formula is C15H15Cl2NO3. The maximum absolute atomic E-state index is 9.89. The van der Waals surface area contributed by atoms with Crippen molar-refractivity contribution >= 4 is 28.9 Å². The fourth-order valence-electron chi connectivity index (χ4n) is 1.89. The van der Waals surface area contributed by atoms with E-state index >= 15 is 0 Å². The van der Waals surface area contributed by atoms with Crippen LogP contribution in [0.15, 0.2) is 30.3 Å². The van der Waals surface area contributed by atoms with Crippen LogP contribution in [0.5, 0.6) is 17.2 Å². The fourth-order valence-corrected chi connectivity index (χ4v) is 2.33. The maximum Gasteiger partial charge on any atom is 0.145 e. The standard InChI is InChI=1S/C15H15Cl2NO3/c1-20-13-7-14(21-2)12(6-11(13)17)18-8-9-4-3-5-10(16)15(9)19/h3-7,18-19H,8H2,1-2H3. The van der Waals surface area contributed by atoms with Crippen LogP contribution in [0.1, 0.15) is 5.56 Å². The molecule has 2 aromatic carbocycles. The molecular weight excluding hydrogens is 313 g/mol. The zero-order valence-electron chi connectivity index (χ0n) is 11.6. The van der Waals surface area contributed by atoms with Crippen LogP contribution in [0.2, 0.25) is 10.0 Å². The van der Waals surface area contributed by atoms with Gasteiger partial charge in [-0.05, 0) is 12.1 Å². The summed E-state index contributed by atoms with van der Waals surface area (Å²) < 4.78 is 10.4. The minimum Gasteiger partial charge on any atom is -0.506 e. The highest BCUT2D eigenvalue weighted by Crippen LogP contribution is 2.36. The highest BCUT2D eigenvalue weighted by molar-refractivity contribution is 6.32. The number of phenols is 1. The molecule has 0 radical (unpaired) electrons. The molecule has 0 fully saturated rings. The third kappa shape index (κ3) is 3.46. The molecule has 21 heavy (non-hydrogen) atoms. The molecule has 2 rings (SSSR count). The monoisotopic (exact) mass is 327 g/mol. The first-order valence-corrected chi connectivity index (χ1v) is 6.94. The van der Waals surface area contributed by atoms with Gasteiger partial charge in [0.05, 0.1) is 30.0 Å². The maximum atomic E-state index is 9.89. The van der Waals surface area contributed by atoms with Crippen LogP contribution in [0, 0.1) is 0 Å². The van der Waals surface area contributed by atoms with E-state index in [1.165, 1.54) is 7.11 Å². The summed E-state index contributed by atoms with van der Waals surface area (Å²) in [6.45, 7) is 0.380. The molecule has 0 amide bonds. The highest BCUT2D eigenvalue weighted by atomic mass is 35.5. The molecule has 0 atom stereocenters. The Morgan fingerprint density at radius 2 is 1.76 bits per heavy atom. The Morgan fingerprint density at radius 1 is 1.05 bits per heavy atom. The third-order valence-electron chi connectivity index (χ3n) is 3.01. The molecule has 0 unspecified atom stereocenters. The molecule has 0 heterocycles. The molecule has 2 aromatic rings. The molecule has 0 spiro atoms. The van der Waals surface area contributed by atoms with E-state index in [1.54, 1.807) is 37.4 Å². The second-order valence-corrected chi connectivity index (χ2v) is 5.10. The Hall–Kier alpha value is -1.78. The molecule has 6 heteroatoms. The predicted molar refractivity (Wildman–Crippen MR) is 85.0 cm³/mol. The molecule has 0 bridgehead atoms. The van der Waals surface area contributed by atoms with Gasteiger partial charge in [0.25, 0.3) is 0 Å². The zero-order chi connectivity index (χ0) is 15.4. The number of rotatable bonds is 5. The summed E-state index contributed by atoms with van der Waals surface area (Å²) in [7, 11) is 3.10. The number of hydrogen-bond acceptors (Lipinski definition) is 4. The average Bonchev–Trinajstić information content (AvgIpc) is 2.49. The normalized spacial score (nSPS) is 10.3. The fraction of sp³-hybridized carbons (Fsp3) is 0.200. The van der Waals surface area contributed by atoms with Crippen molar-refractivity contribution in [1.82, 2.24) is 0 Å². The van der Waals surface area contributed by atoms with Gasteiger partial charge in [-0.15, -0.1) is 0 Å². The topological polar surface area (TPSA) is 50.7 Å². The number of halogens is 2. The lowest BCUT2D eigenvalue weighted by molar-refractivity contribution is 0.395. The molecule has 0 aliphatic carbocycles. The summed E-state index contributed by atoms with van der Waals surface area (Å²) in [6, 6.07) is 8.59. The number of benzene rings is 2. The quantitative estimate of drug-likeness (QED) is 0.858. The van der Waals surface area contributed by atoms with Gasteiger partial charge in [-0.25, -0.2) is 0 Å². The van der Waals surface area contributed by atoms with Crippen LogP contribution in [-0.2, 0) is 6.54 Å². The number of nitrogens with one attached hydrogen (secondary N) is 1. The van der Waals surface area contributed by atoms with Crippen LogP contribution in [-0.4, -0.2) is 19.3 Å². The highest BCUT2D eigenvalue weighted by Gasteiger charge is 2.11. The lowest BCUT2D eigenvalue weighted by Crippen LogP contribution is -2.02. The lowest BCUT2D eigenvalue weighted by Gasteiger charge is -2.14. The Morgan fingerprint density at radius 3 is 2.43 bits per heavy atom. The van der Waals surface area contributed by atoms with Gasteiger partial charge in [0.2, 0.25) is 0 Å². The second-order valence-electron chi connectivity index (χ2n) is 4.29. The smallest absolute Gasteiger partial charge is 0.145 e. The number of anilines is 1. The largest absolute Gasteiger partial charge is 0.506 e. The Labute approximate surface area is 133 Å². The van der Waals surface area contributed by atoms with E-state index in [0.717, 1.165) is 0 Å². The van der Waals surface area contributed by atoms with Crippen molar-refractivity contribution in [2.24, 2.45) is 0 Å². The molecule has 4 nitrogen and oxygen atoms in total. The molecule has 0 aliphatic rings. The van der Waals surface area contributed by atoms with E-state index in [4.69, 9.17) is 32.7 Å². The molecule has 112 valence electrons. The van der Waals surface area contributed by atoms with Crippen LogP contribution in [0.3, 0.4) is 0 Å². The van der Waals surface area contributed by atoms with Crippen molar-refractivity contribution in [3.63, 3.8) is 0 Å². The number of hydrogen-bond donors (Lipinski definition) is 2. The predicted octanol–water partition coefficient (Wildman–Crippen LogP) is 4.33. The van der Waals surface area contributed by atoms with Gasteiger partial charge in [0, 0.05) is 18.2 Å². The molecule has 0 aromatic heterocycles. The lowest BCUT2D eigenvalue weighted by atomic mass is 10.2. The van der Waals surface area contributed by atoms with Crippen molar-refractivity contribution in [3.8, 4) is 17.2 Å². The second kappa shape index (κ2) is 6.78. The molecule has 0 saturated carbocycles. The van der Waals surface area contributed by atoms with E-state index in [2.05, 4.69) is 5.32 Å². The Bertz CT molecular complexity index is 647. The minimum absolute atomic E-state index is 0.0604. The molecule has 2 N–H and O–H groups in total. The Balaban J connectivity index is 2.23. The van der Waals surface area contributed by atoms with Crippen molar-refractivity contribution in [1.29, 1.82) is 0 Å². The number of para-hydroxylation sites is 1. The first-order chi connectivity index (χ1) is 10.1. The van der Waals surface area contributed by atoms with Gasteiger partial charge >= 0.3 is 0 Å². The van der Waals surface area contributed by atoms with Crippen LogP contribution < -0.4 is 14.8 Å². The number of ether oxygens (including phenoxy) is 2. The van der Waals surface area contributed by atoms with Crippen LogP contribution in [0.4, 0.5) is 5.69 Å². The van der Waals surface area contributed by atoms with Gasteiger partial charge in [-0.2, -0.15) is 0 Å². The van der Waals surface area contributed by atoms with E-state index in [0.29, 0.717) is 39.3 Å². The van der Waals surface area contributed by atoms with Gasteiger partial charge in [0.15, 0.2) is 0 Å². The first kappa shape index (κ1) is 15.6. The van der Waals surface area contributed by atoms with Gasteiger partial charge in [-0.3, -0.25) is 0 Å². The number of phenolic OH excluding ortho intramolecular Hbond substituents is 1. The summed E-state index contributed by atoms with van der Waals surface area (Å²) in [5.41, 5.74) is 1.37. The van der Waals surface area contributed by atoms with E-state index in [1.807, 2.05) is 0 Å². The van der Waals surface area contributed by atoms with Gasteiger partial charge < -0.3 is 19.9 Å². The summed E-state index contributed by atoms with van der Waals surface area (Å²) in [5, 5.41) is 13.8. The van der Waals surface area contributed by atoms with Crippen LogP contribution in [0.25, 0.3) is 0 Å². The van der Waals surface area contributed by atoms with Gasteiger partial charge in [0.1, 0.15) is 17.2 Å². The third-order valence-corrected chi connectivity index (χ3v) is 3.61. The van der Waals surface area contributed by atoms with Crippen LogP contribution >= 0.6 is 23.2 Å². The average molecular weight is 328 g/mol. The summed E-state index contributed by atoms with van der Waals surface area (Å²) in [5.74, 6) is 1.19. The van der Waals surface area contributed by atoms with Crippen molar-refractivity contribution < 1.29 is 14.6 Å². The van der Waals surface area contributed by atoms with Gasteiger partial charge in [-0.1, -0.05) is 35.3 Å². The van der Waals surface area contributed by atoms with E-state index in [9.17, 15) is 5.11 Å². The summed E-state index contributed by atoms with van der Waals surface area (Å²) in [4.78, 5) is 0. The van der Waals surface area contributed by atoms with Crippen molar-refractivity contribution in [2.45, 2.75) is 6.54 Å². The zero-order valence-corrected chi connectivity index (χ0v) is 13.1. The first-order valence-electron chi connectivity index (χ1n) is 6.18. The summed E-state index contributed by atoms with van der Waals surface area (Å²) in [6.07, 6.45) is 0. The SMILES string of the molecule is COc1cc(OC)c(NCc2cccc(Cl)c2O)cc1Cl. The number of methoxy groups -OCH3 is 2. The van der Waals surface area contributed by atoms with E-state index in [-0.39, 0.29) is 5.75 Å². The molecule has 0 aliphatic heterocycles. The summed E-state index contributed by atoms with van der Waals surface area (Å²) >= 11 is 12.0. The van der Waals surface area contributed by atoms with Crippen molar-refractivity contribution in [2.75, 3.05) is 19.5 Å².